The molecule has 0 radical (unpaired) electrons. The number of allylic oxidation sites excluding steroid dienone is 3. The highest BCUT2D eigenvalue weighted by atomic mass is 15.1. The highest BCUT2D eigenvalue weighted by Crippen LogP contribution is 2.02. The van der Waals surface area contributed by atoms with Gasteiger partial charge in [-0.05, 0) is 19.1 Å². The summed E-state index contributed by atoms with van der Waals surface area (Å²) in [7, 11) is 3.97. The van der Waals surface area contributed by atoms with Crippen LogP contribution in [-0.4, -0.2) is 19.0 Å². The third-order valence-corrected chi connectivity index (χ3v) is 1.12. The van der Waals surface area contributed by atoms with Gasteiger partial charge in [-0.25, -0.2) is 0 Å². The maximum atomic E-state index is 3.77. The second-order valence-corrected chi connectivity index (χ2v) is 3.22. The lowest BCUT2D eigenvalue weighted by Crippen LogP contribution is -2.08. The topological polar surface area (TPSA) is 3.24 Å². The molecular formula is C12H23N. The van der Waals surface area contributed by atoms with Crippen LogP contribution in [0.15, 0.2) is 36.6 Å². The van der Waals surface area contributed by atoms with Gasteiger partial charge >= 0.3 is 0 Å². The number of rotatable bonds is 3. The molecular weight excluding hydrogens is 158 g/mol. The van der Waals surface area contributed by atoms with Crippen LogP contribution in [0.4, 0.5) is 0 Å². The van der Waals surface area contributed by atoms with Gasteiger partial charge in [0.05, 0.1) is 0 Å². The summed E-state index contributed by atoms with van der Waals surface area (Å²) in [5.74, 6) is 0. The van der Waals surface area contributed by atoms with E-state index in [1.807, 2.05) is 38.1 Å². The molecule has 0 fully saturated rings. The van der Waals surface area contributed by atoms with Gasteiger partial charge in [-0.1, -0.05) is 39.0 Å². The van der Waals surface area contributed by atoms with Gasteiger partial charge in [0.15, 0.2) is 0 Å². The number of hydrogen-bond donors (Lipinski definition) is 0. The summed E-state index contributed by atoms with van der Waals surface area (Å²) in [4.78, 5) is 2.00. The minimum Gasteiger partial charge on any atom is -0.378 e. The molecule has 1 heteroatoms. The van der Waals surface area contributed by atoms with Crippen LogP contribution in [0, 0.1) is 0 Å². The lowest BCUT2D eigenvalue weighted by atomic mass is 10.2. The number of nitrogens with zero attached hydrogens (tertiary/aromatic N) is 1. The van der Waals surface area contributed by atoms with Crippen molar-refractivity contribution in [3.63, 3.8) is 0 Å². The maximum Gasteiger partial charge on any atom is 0.0357 e. The summed E-state index contributed by atoms with van der Waals surface area (Å²) in [5.41, 5.74) is 2.14. The average molecular weight is 181 g/mol. The third-order valence-electron chi connectivity index (χ3n) is 1.12. The van der Waals surface area contributed by atoms with Gasteiger partial charge in [0.1, 0.15) is 0 Å². The van der Waals surface area contributed by atoms with E-state index in [4.69, 9.17) is 0 Å². The Balaban J connectivity index is 0. The van der Waals surface area contributed by atoms with Crippen molar-refractivity contribution in [1.29, 1.82) is 0 Å². The Hall–Kier alpha value is -0.980. The molecule has 0 heterocycles. The lowest BCUT2D eigenvalue weighted by Gasteiger charge is -2.12. The van der Waals surface area contributed by atoms with Crippen LogP contribution < -0.4 is 0 Å². The first-order valence-electron chi connectivity index (χ1n) is 4.66. The Bertz CT molecular complexity index is 176. The molecule has 76 valence electrons. The highest BCUT2D eigenvalue weighted by Gasteiger charge is 1.91. The van der Waals surface area contributed by atoms with Crippen molar-refractivity contribution < 1.29 is 0 Å². The van der Waals surface area contributed by atoms with E-state index in [1.165, 1.54) is 6.42 Å². The van der Waals surface area contributed by atoms with Crippen molar-refractivity contribution in [2.75, 3.05) is 14.1 Å². The highest BCUT2D eigenvalue weighted by molar-refractivity contribution is 5.24. The van der Waals surface area contributed by atoms with E-state index < -0.39 is 0 Å². The van der Waals surface area contributed by atoms with Crippen LogP contribution in [0.25, 0.3) is 0 Å². The molecule has 0 saturated heterocycles. The first kappa shape index (κ1) is 14.5. The van der Waals surface area contributed by atoms with Crippen LogP contribution in [-0.2, 0) is 0 Å². The quantitative estimate of drug-likeness (QED) is 0.601. The van der Waals surface area contributed by atoms with Gasteiger partial charge < -0.3 is 4.90 Å². The third kappa shape index (κ3) is 11.0. The molecule has 0 unspecified atom stereocenters. The molecule has 1 nitrogen and oxygen atoms in total. The van der Waals surface area contributed by atoms with Crippen molar-refractivity contribution in [2.45, 2.75) is 27.2 Å². The van der Waals surface area contributed by atoms with Crippen LogP contribution in [0.3, 0.4) is 0 Å². The van der Waals surface area contributed by atoms with E-state index in [9.17, 15) is 0 Å². The Morgan fingerprint density at radius 1 is 1.31 bits per heavy atom. The van der Waals surface area contributed by atoms with Crippen LogP contribution in [0.5, 0.6) is 0 Å². The summed E-state index contributed by atoms with van der Waals surface area (Å²) in [6, 6.07) is 0. The molecule has 0 atom stereocenters. The summed E-state index contributed by atoms with van der Waals surface area (Å²) >= 11 is 0. The molecule has 0 aliphatic carbocycles. The van der Waals surface area contributed by atoms with Crippen molar-refractivity contribution >= 4 is 0 Å². The fraction of sp³-hybridized carbons (Fsp3) is 0.500. The molecule has 13 heavy (non-hydrogen) atoms. The summed E-state index contributed by atoms with van der Waals surface area (Å²) in [6.07, 6.45) is 5.06. The van der Waals surface area contributed by atoms with Crippen LogP contribution in [0.1, 0.15) is 27.2 Å². The fourth-order valence-electron chi connectivity index (χ4n) is 0.623. The fourth-order valence-corrected chi connectivity index (χ4v) is 0.623. The van der Waals surface area contributed by atoms with Gasteiger partial charge in [0.2, 0.25) is 0 Å². The van der Waals surface area contributed by atoms with Gasteiger partial charge in [0.25, 0.3) is 0 Å². The first-order chi connectivity index (χ1) is 5.99. The van der Waals surface area contributed by atoms with Gasteiger partial charge in [0, 0.05) is 19.8 Å². The molecule has 0 rings (SSSR count). The van der Waals surface area contributed by atoms with Gasteiger partial charge in [-0.15, -0.1) is 0 Å². The number of hydrogen-bond acceptors (Lipinski definition) is 1. The first-order valence-corrected chi connectivity index (χ1v) is 4.66. The maximum absolute atomic E-state index is 3.77. The molecule has 0 aromatic rings. The minimum absolute atomic E-state index is 1.05. The SMILES string of the molecule is C=C/C(=C\C(=C)C)N(C)C.CCC. The number of likely N-dealkylation sites (N-methyl/N-ethyl adjacent to an activating group) is 1. The van der Waals surface area contributed by atoms with E-state index in [0.29, 0.717) is 0 Å². The predicted octanol–water partition coefficient (Wildman–Crippen LogP) is 3.61. The van der Waals surface area contributed by atoms with E-state index >= 15 is 0 Å². The van der Waals surface area contributed by atoms with E-state index in [1.54, 1.807) is 0 Å². The largest absolute Gasteiger partial charge is 0.378 e. The summed E-state index contributed by atoms with van der Waals surface area (Å²) in [6.45, 7) is 13.7. The van der Waals surface area contributed by atoms with Crippen LogP contribution >= 0.6 is 0 Å². The molecule has 0 aromatic carbocycles. The Kier molecular flexibility index (Phi) is 10.2. The standard InChI is InChI=1S/C9H15N.C3H8/c1-6-9(10(4)5)7-8(2)3;1-3-2/h6-7H,1-2H2,3-5H3;3H2,1-2H3/b9-7+;. The zero-order chi connectivity index (χ0) is 10.9. The van der Waals surface area contributed by atoms with Gasteiger partial charge in [-0.3, -0.25) is 0 Å². The second kappa shape index (κ2) is 9.11. The van der Waals surface area contributed by atoms with Gasteiger partial charge in [-0.2, -0.15) is 0 Å². The summed E-state index contributed by atoms with van der Waals surface area (Å²) < 4.78 is 0. The van der Waals surface area contributed by atoms with Crippen molar-refractivity contribution in [2.24, 2.45) is 0 Å². The zero-order valence-electron chi connectivity index (χ0n) is 9.72. The molecule has 0 aliphatic rings. The molecule has 0 saturated carbocycles. The van der Waals surface area contributed by atoms with Crippen molar-refractivity contribution in [1.82, 2.24) is 4.90 Å². The monoisotopic (exact) mass is 181 g/mol. The van der Waals surface area contributed by atoms with E-state index in [2.05, 4.69) is 27.0 Å². The Morgan fingerprint density at radius 3 is 1.77 bits per heavy atom. The van der Waals surface area contributed by atoms with Crippen LogP contribution in [0.2, 0.25) is 0 Å². The molecule has 0 amide bonds. The normalized spacial score (nSPS) is 9.77. The average Bonchev–Trinajstić information content (AvgIpc) is 2.00. The molecule has 0 spiro atoms. The van der Waals surface area contributed by atoms with E-state index in [0.717, 1.165) is 11.3 Å². The Labute approximate surface area is 83.5 Å². The lowest BCUT2D eigenvalue weighted by molar-refractivity contribution is 0.530. The summed E-state index contributed by atoms with van der Waals surface area (Å²) in [5, 5.41) is 0. The Morgan fingerprint density at radius 2 is 1.69 bits per heavy atom. The van der Waals surface area contributed by atoms with E-state index in [-0.39, 0.29) is 0 Å². The minimum atomic E-state index is 1.05. The zero-order valence-corrected chi connectivity index (χ0v) is 9.72. The molecule has 0 aliphatic heterocycles. The second-order valence-electron chi connectivity index (χ2n) is 3.22. The molecule has 0 bridgehead atoms. The predicted molar refractivity (Wildman–Crippen MR) is 62.7 cm³/mol. The smallest absolute Gasteiger partial charge is 0.0357 e. The van der Waals surface area contributed by atoms with Crippen molar-refractivity contribution in [3.8, 4) is 0 Å². The van der Waals surface area contributed by atoms with Crippen molar-refractivity contribution in [3.05, 3.63) is 36.6 Å². The molecule has 0 N–H and O–H groups in total. The molecule has 0 aromatic heterocycles.